The third-order valence-corrected chi connectivity index (χ3v) is 4.97. The van der Waals surface area contributed by atoms with Gasteiger partial charge in [0.05, 0.1) is 21.0 Å². The van der Waals surface area contributed by atoms with Crippen LogP contribution in [0.4, 0.5) is 5.69 Å². The first-order valence-electron chi connectivity index (χ1n) is 5.51. The van der Waals surface area contributed by atoms with Gasteiger partial charge in [0.25, 0.3) is 5.69 Å². The molecule has 17 heavy (non-hydrogen) atoms. The largest absolute Gasteiger partial charge is 0.327 e. The van der Waals surface area contributed by atoms with Crippen molar-refractivity contribution >= 4 is 16.5 Å². The van der Waals surface area contributed by atoms with Crippen molar-refractivity contribution in [2.45, 2.75) is 35.4 Å². The average molecular weight is 254 g/mol. The van der Waals surface area contributed by atoms with Gasteiger partial charge in [-0.05, 0) is 18.9 Å². The summed E-state index contributed by atoms with van der Waals surface area (Å²) in [5.41, 5.74) is 5.80. The van der Waals surface area contributed by atoms with Gasteiger partial charge in [-0.2, -0.15) is 0 Å². The first kappa shape index (κ1) is 12.2. The van der Waals surface area contributed by atoms with Crippen LogP contribution in [0.25, 0.3) is 0 Å². The van der Waals surface area contributed by atoms with Crippen molar-refractivity contribution < 1.29 is 9.13 Å². The number of nitro benzene ring substituents is 1. The number of nitrogens with zero attached hydrogens (tertiary/aromatic N) is 1. The summed E-state index contributed by atoms with van der Waals surface area (Å²) in [7, 11) is -1.39. The lowest BCUT2D eigenvalue weighted by atomic mass is 10.3. The number of para-hydroxylation sites is 1. The fourth-order valence-electron chi connectivity index (χ4n) is 2.16. The maximum Gasteiger partial charge on any atom is 0.285 e. The van der Waals surface area contributed by atoms with Crippen LogP contribution >= 0.6 is 0 Å². The molecule has 2 rings (SSSR count). The number of rotatable bonds is 3. The van der Waals surface area contributed by atoms with Gasteiger partial charge in [0, 0.05) is 12.1 Å². The highest BCUT2D eigenvalue weighted by Gasteiger charge is 2.32. The second-order valence-corrected chi connectivity index (χ2v) is 5.80. The third-order valence-electron chi connectivity index (χ3n) is 3.06. The number of nitro groups is 1. The van der Waals surface area contributed by atoms with E-state index in [0.717, 1.165) is 19.3 Å². The zero-order valence-corrected chi connectivity index (χ0v) is 10.1. The minimum atomic E-state index is -1.39. The molecule has 2 N–H and O–H groups in total. The predicted octanol–water partition coefficient (Wildman–Crippen LogP) is 1.58. The molecule has 3 unspecified atom stereocenters. The lowest BCUT2D eigenvalue weighted by molar-refractivity contribution is -0.387. The number of hydrogen-bond acceptors (Lipinski definition) is 4. The van der Waals surface area contributed by atoms with Crippen LogP contribution < -0.4 is 5.73 Å². The molecule has 0 radical (unpaired) electrons. The summed E-state index contributed by atoms with van der Waals surface area (Å²) in [4.78, 5) is 10.7. The Bertz CT molecular complexity index is 464. The monoisotopic (exact) mass is 254 g/mol. The van der Waals surface area contributed by atoms with Crippen molar-refractivity contribution in [2.75, 3.05) is 0 Å². The lowest BCUT2D eigenvalue weighted by Gasteiger charge is -2.14. The standard InChI is InChI=1S/C11H14N2O3S/c12-8-4-3-7-10(8)17(16)11-6-2-1-5-9(11)13(14)15/h1-2,5-6,8,10H,3-4,7,12H2. The van der Waals surface area contributed by atoms with Crippen LogP contribution in [0.2, 0.25) is 0 Å². The molecule has 0 bridgehead atoms. The minimum absolute atomic E-state index is 0.0788. The summed E-state index contributed by atoms with van der Waals surface area (Å²) in [5.74, 6) is 0. The Kier molecular flexibility index (Phi) is 3.54. The normalized spacial score (nSPS) is 25.7. The summed E-state index contributed by atoms with van der Waals surface area (Å²) in [6.07, 6.45) is 2.56. The molecule has 6 heteroatoms. The summed E-state index contributed by atoms with van der Waals surface area (Å²) < 4.78 is 12.3. The predicted molar refractivity (Wildman–Crippen MR) is 65.1 cm³/mol. The van der Waals surface area contributed by atoms with Crippen molar-refractivity contribution in [3.63, 3.8) is 0 Å². The molecular formula is C11H14N2O3S. The summed E-state index contributed by atoms with van der Waals surface area (Å²) >= 11 is 0. The average Bonchev–Trinajstić information content (AvgIpc) is 2.74. The van der Waals surface area contributed by atoms with Crippen molar-refractivity contribution in [3.05, 3.63) is 34.4 Å². The first-order chi connectivity index (χ1) is 8.11. The molecular weight excluding hydrogens is 240 g/mol. The summed E-state index contributed by atoms with van der Waals surface area (Å²) in [6, 6.07) is 6.07. The Balaban J connectivity index is 2.33. The van der Waals surface area contributed by atoms with E-state index >= 15 is 0 Å². The van der Waals surface area contributed by atoms with E-state index in [1.807, 2.05) is 0 Å². The van der Waals surface area contributed by atoms with Gasteiger partial charge in [-0.15, -0.1) is 0 Å². The highest BCUT2D eigenvalue weighted by Crippen LogP contribution is 2.30. The van der Waals surface area contributed by atoms with E-state index in [9.17, 15) is 14.3 Å². The Morgan fingerprint density at radius 2 is 2.06 bits per heavy atom. The molecule has 1 aromatic rings. The van der Waals surface area contributed by atoms with E-state index in [0.29, 0.717) is 4.90 Å². The topological polar surface area (TPSA) is 86.2 Å². The second-order valence-electron chi connectivity index (χ2n) is 4.16. The van der Waals surface area contributed by atoms with Gasteiger partial charge in [-0.3, -0.25) is 14.3 Å². The fraction of sp³-hybridized carbons (Fsp3) is 0.455. The fourth-order valence-corrected chi connectivity index (χ4v) is 3.88. The molecule has 92 valence electrons. The van der Waals surface area contributed by atoms with Gasteiger partial charge >= 0.3 is 0 Å². The van der Waals surface area contributed by atoms with E-state index in [2.05, 4.69) is 0 Å². The molecule has 0 aromatic heterocycles. The van der Waals surface area contributed by atoms with E-state index in [-0.39, 0.29) is 17.0 Å². The number of benzene rings is 1. The molecule has 0 amide bonds. The maximum atomic E-state index is 12.3. The van der Waals surface area contributed by atoms with E-state index in [4.69, 9.17) is 5.73 Å². The maximum absolute atomic E-state index is 12.3. The van der Waals surface area contributed by atoms with Gasteiger partial charge in [0.1, 0.15) is 4.90 Å². The molecule has 3 atom stereocenters. The van der Waals surface area contributed by atoms with Crippen LogP contribution in [0.1, 0.15) is 19.3 Å². The van der Waals surface area contributed by atoms with E-state index < -0.39 is 15.7 Å². The first-order valence-corrected chi connectivity index (χ1v) is 6.72. The van der Waals surface area contributed by atoms with Gasteiger partial charge in [0.2, 0.25) is 0 Å². The van der Waals surface area contributed by atoms with Gasteiger partial charge < -0.3 is 5.73 Å². The van der Waals surface area contributed by atoms with Crippen LogP contribution in [-0.4, -0.2) is 20.4 Å². The van der Waals surface area contributed by atoms with Crippen LogP contribution in [0.3, 0.4) is 0 Å². The van der Waals surface area contributed by atoms with Crippen LogP contribution in [0, 0.1) is 10.1 Å². The van der Waals surface area contributed by atoms with Gasteiger partial charge in [-0.25, -0.2) is 0 Å². The Morgan fingerprint density at radius 1 is 1.35 bits per heavy atom. The van der Waals surface area contributed by atoms with Crippen LogP contribution in [-0.2, 0) is 10.8 Å². The zero-order chi connectivity index (χ0) is 12.4. The molecule has 1 aliphatic carbocycles. The van der Waals surface area contributed by atoms with Crippen LogP contribution in [0.15, 0.2) is 29.2 Å². The van der Waals surface area contributed by atoms with E-state index in [1.165, 1.54) is 6.07 Å². The Morgan fingerprint density at radius 3 is 2.65 bits per heavy atom. The SMILES string of the molecule is NC1CCCC1S(=O)c1ccccc1[N+](=O)[O-]. The van der Waals surface area contributed by atoms with Crippen molar-refractivity contribution in [3.8, 4) is 0 Å². The van der Waals surface area contributed by atoms with Crippen LogP contribution in [0.5, 0.6) is 0 Å². The molecule has 1 saturated carbocycles. The van der Waals surface area contributed by atoms with Crippen molar-refractivity contribution in [1.29, 1.82) is 0 Å². The van der Waals surface area contributed by atoms with Crippen molar-refractivity contribution in [2.24, 2.45) is 5.73 Å². The third kappa shape index (κ3) is 2.37. The molecule has 0 heterocycles. The molecule has 0 saturated heterocycles. The van der Waals surface area contributed by atoms with Gasteiger partial charge in [0.15, 0.2) is 0 Å². The smallest absolute Gasteiger partial charge is 0.285 e. The molecule has 0 aliphatic heterocycles. The molecule has 1 fully saturated rings. The summed E-state index contributed by atoms with van der Waals surface area (Å²) in [6.45, 7) is 0. The molecule has 1 aromatic carbocycles. The molecule has 0 spiro atoms. The second kappa shape index (κ2) is 4.93. The zero-order valence-electron chi connectivity index (χ0n) is 9.24. The minimum Gasteiger partial charge on any atom is -0.327 e. The van der Waals surface area contributed by atoms with Gasteiger partial charge in [-0.1, -0.05) is 18.6 Å². The molecule has 5 nitrogen and oxygen atoms in total. The highest BCUT2D eigenvalue weighted by atomic mass is 32.2. The summed E-state index contributed by atoms with van der Waals surface area (Å²) in [5, 5.41) is 10.7. The molecule has 1 aliphatic rings. The quantitative estimate of drug-likeness (QED) is 0.655. The highest BCUT2D eigenvalue weighted by molar-refractivity contribution is 7.86. The van der Waals surface area contributed by atoms with Crippen molar-refractivity contribution in [1.82, 2.24) is 0 Å². The number of hydrogen-bond donors (Lipinski definition) is 1. The Labute approximate surface area is 102 Å². The Hall–Kier alpha value is -1.27. The number of nitrogens with two attached hydrogens (primary N) is 1. The lowest BCUT2D eigenvalue weighted by Crippen LogP contribution is -2.32. The van der Waals surface area contributed by atoms with E-state index in [1.54, 1.807) is 18.2 Å².